The van der Waals surface area contributed by atoms with Gasteiger partial charge in [-0.05, 0) is 32.0 Å². The van der Waals surface area contributed by atoms with Crippen molar-refractivity contribution in [3.05, 3.63) is 61.6 Å². The fourth-order valence-electron chi connectivity index (χ4n) is 4.24. The van der Waals surface area contributed by atoms with E-state index in [0.29, 0.717) is 15.9 Å². The molecule has 0 saturated heterocycles. The maximum atomic E-state index is 13.5. The predicted octanol–water partition coefficient (Wildman–Crippen LogP) is 2.07. The minimum Gasteiger partial charge on any atom is -0.468 e. The summed E-state index contributed by atoms with van der Waals surface area (Å²) >= 11 is 6.23. The zero-order valence-corrected chi connectivity index (χ0v) is 19.9. The zero-order chi connectivity index (χ0) is 25.1. The third-order valence-electron chi connectivity index (χ3n) is 6.00. The summed E-state index contributed by atoms with van der Waals surface area (Å²) in [6.45, 7) is 2.89. The Morgan fingerprint density at radius 3 is 2.47 bits per heavy atom. The van der Waals surface area contributed by atoms with Crippen LogP contribution in [0.3, 0.4) is 0 Å². The number of benzene rings is 1. The molecule has 0 aliphatic heterocycles. The van der Waals surface area contributed by atoms with Crippen molar-refractivity contribution in [3.63, 3.8) is 0 Å². The first-order valence-corrected chi connectivity index (χ1v) is 10.6. The van der Waals surface area contributed by atoms with Crippen molar-refractivity contribution >= 4 is 45.7 Å². The highest BCUT2D eigenvalue weighted by Gasteiger charge is 2.37. The van der Waals surface area contributed by atoms with Crippen molar-refractivity contribution in [2.75, 3.05) is 7.11 Å². The van der Waals surface area contributed by atoms with E-state index in [2.05, 4.69) is 4.98 Å². The number of ether oxygens (including phenoxy) is 1. The van der Waals surface area contributed by atoms with Gasteiger partial charge in [0.1, 0.15) is 11.2 Å². The molecule has 1 N–H and O–H groups in total. The number of esters is 1. The molecule has 0 fully saturated rings. The van der Waals surface area contributed by atoms with Gasteiger partial charge in [-0.1, -0.05) is 17.7 Å². The van der Waals surface area contributed by atoms with E-state index in [1.165, 1.54) is 29.4 Å². The van der Waals surface area contributed by atoms with Gasteiger partial charge in [-0.2, -0.15) is 0 Å². The molecule has 0 unspecified atom stereocenters. The fourth-order valence-corrected chi connectivity index (χ4v) is 4.47. The second-order valence-electron chi connectivity index (χ2n) is 8.44. The Labute approximate surface area is 197 Å². The molecular weight excluding hydrogens is 466 g/mol. The van der Waals surface area contributed by atoms with E-state index in [1.54, 1.807) is 39.1 Å². The molecule has 3 aromatic heterocycles. The van der Waals surface area contributed by atoms with Crippen LogP contribution in [0.15, 0.2) is 33.9 Å². The molecule has 0 bridgehead atoms. The van der Waals surface area contributed by atoms with Gasteiger partial charge in [0.15, 0.2) is 11.2 Å². The lowest BCUT2D eigenvalue weighted by Gasteiger charge is -2.20. The lowest BCUT2D eigenvalue weighted by molar-refractivity contribution is -0.146. The summed E-state index contributed by atoms with van der Waals surface area (Å²) < 4.78 is 9.43. The lowest BCUT2D eigenvalue weighted by atomic mass is 9.92. The summed E-state index contributed by atoms with van der Waals surface area (Å²) in [7, 11) is 4.27. The molecule has 0 aliphatic rings. The van der Waals surface area contributed by atoms with Crippen molar-refractivity contribution in [1.29, 1.82) is 0 Å². The number of methoxy groups -OCH3 is 1. The van der Waals surface area contributed by atoms with Gasteiger partial charge in [0.2, 0.25) is 0 Å². The number of aryl methyl sites for hydroxylation is 2. The van der Waals surface area contributed by atoms with E-state index >= 15 is 0 Å². The monoisotopic (exact) mass is 487 g/mol. The Kier molecular flexibility index (Phi) is 5.40. The number of rotatable bonds is 4. The van der Waals surface area contributed by atoms with Gasteiger partial charge in [0, 0.05) is 24.5 Å². The topological polar surface area (TPSA) is 130 Å². The molecule has 12 heteroatoms. The van der Waals surface area contributed by atoms with Crippen LogP contribution in [0.2, 0.25) is 5.02 Å². The standard InChI is InChI=1S/C22H22ClN5O6/c1-22(2,19(30)34-5)18-24-16-15(25(18)3)17(29)27(20(31)26(16)4)10-11-9-12-13(23)7-6-8-14(12)28(11)21(32)33/h6-9H,10H2,1-5H3,(H,32,33). The van der Waals surface area contributed by atoms with Gasteiger partial charge in [-0.15, -0.1) is 0 Å². The number of carbonyl (C=O) groups is 2. The third kappa shape index (κ3) is 3.23. The summed E-state index contributed by atoms with van der Waals surface area (Å²) in [5.74, 6) is -0.315. The molecule has 0 amide bonds. The van der Waals surface area contributed by atoms with Gasteiger partial charge in [0.05, 0.1) is 24.9 Å². The normalized spacial score (nSPS) is 11.9. The Hall–Kier alpha value is -3.86. The van der Waals surface area contributed by atoms with Crippen LogP contribution in [0.5, 0.6) is 0 Å². The summed E-state index contributed by atoms with van der Waals surface area (Å²) in [5, 5.41) is 10.6. The Morgan fingerprint density at radius 2 is 1.85 bits per heavy atom. The average Bonchev–Trinajstić information content (AvgIpc) is 3.33. The molecule has 178 valence electrons. The molecule has 0 atom stereocenters. The molecule has 0 radical (unpaired) electrons. The fraction of sp³-hybridized carbons (Fsp3) is 0.318. The van der Waals surface area contributed by atoms with Crippen LogP contribution in [0.1, 0.15) is 25.4 Å². The number of fused-ring (bicyclic) bond motifs is 2. The highest BCUT2D eigenvalue weighted by atomic mass is 35.5. The van der Waals surface area contributed by atoms with Gasteiger partial charge in [0.25, 0.3) is 5.56 Å². The van der Waals surface area contributed by atoms with Crippen LogP contribution in [-0.4, -0.2) is 47.5 Å². The van der Waals surface area contributed by atoms with Gasteiger partial charge >= 0.3 is 17.8 Å². The van der Waals surface area contributed by atoms with E-state index < -0.39 is 28.7 Å². The van der Waals surface area contributed by atoms with Gasteiger partial charge in [-0.25, -0.2) is 19.1 Å². The molecule has 34 heavy (non-hydrogen) atoms. The maximum Gasteiger partial charge on any atom is 0.416 e. The van der Waals surface area contributed by atoms with E-state index in [4.69, 9.17) is 16.3 Å². The number of imidazole rings is 1. The highest BCUT2D eigenvalue weighted by molar-refractivity contribution is 6.35. The molecule has 1 aromatic carbocycles. The zero-order valence-electron chi connectivity index (χ0n) is 19.1. The van der Waals surface area contributed by atoms with Crippen LogP contribution in [0.4, 0.5) is 4.79 Å². The molecular formula is C22H22ClN5O6. The second kappa shape index (κ2) is 7.87. The molecule has 3 heterocycles. The number of halogens is 1. The molecule has 0 spiro atoms. The third-order valence-corrected chi connectivity index (χ3v) is 6.32. The van der Waals surface area contributed by atoms with Crippen LogP contribution >= 0.6 is 11.6 Å². The molecule has 0 saturated carbocycles. The smallest absolute Gasteiger partial charge is 0.416 e. The van der Waals surface area contributed by atoms with Gasteiger partial charge in [-0.3, -0.25) is 18.7 Å². The van der Waals surface area contributed by atoms with Crippen molar-refractivity contribution in [1.82, 2.24) is 23.3 Å². The SMILES string of the molecule is COC(=O)C(C)(C)c1nc2c(c(=O)n(Cc3cc4c(Cl)cccc4n3C(=O)O)c(=O)n2C)n1C. The number of hydrogen-bond acceptors (Lipinski definition) is 6. The van der Waals surface area contributed by atoms with E-state index in [9.17, 15) is 24.3 Å². The summed E-state index contributed by atoms with van der Waals surface area (Å²) in [6, 6.07) is 6.37. The van der Waals surface area contributed by atoms with Crippen molar-refractivity contribution in [2.24, 2.45) is 14.1 Å². The van der Waals surface area contributed by atoms with Crippen molar-refractivity contribution in [2.45, 2.75) is 25.8 Å². The highest BCUT2D eigenvalue weighted by Crippen LogP contribution is 2.28. The average molecular weight is 488 g/mol. The number of carbonyl (C=O) groups excluding carboxylic acids is 1. The van der Waals surface area contributed by atoms with Crippen molar-refractivity contribution < 1.29 is 19.4 Å². The number of hydrogen-bond donors (Lipinski definition) is 1. The Balaban J connectivity index is 1.99. The first-order valence-electron chi connectivity index (χ1n) is 10.2. The van der Waals surface area contributed by atoms with E-state index in [1.807, 2.05) is 0 Å². The summed E-state index contributed by atoms with van der Waals surface area (Å²) in [6.07, 6.45) is -1.28. The summed E-state index contributed by atoms with van der Waals surface area (Å²) in [5.41, 5.74) is -1.84. The Morgan fingerprint density at radius 1 is 1.18 bits per heavy atom. The predicted molar refractivity (Wildman–Crippen MR) is 125 cm³/mol. The van der Waals surface area contributed by atoms with E-state index in [-0.39, 0.29) is 29.2 Å². The maximum absolute atomic E-state index is 13.5. The first-order chi connectivity index (χ1) is 15.9. The van der Waals surface area contributed by atoms with Crippen LogP contribution < -0.4 is 11.2 Å². The van der Waals surface area contributed by atoms with E-state index in [0.717, 1.165) is 9.13 Å². The van der Waals surface area contributed by atoms with Crippen LogP contribution in [0.25, 0.3) is 22.1 Å². The first kappa shape index (κ1) is 23.3. The number of nitrogens with zero attached hydrogens (tertiary/aromatic N) is 5. The van der Waals surface area contributed by atoms with Gasteiger partial charge < -0.3 is 14.4 Å². The molecule has 4 aromatic rings. The minimum absolute atomic E-state index is 0.0881. The molecule has 0 aliphatic carbocycles. The second-order valence-corrected chi connectivity index (χ2v) is 8.85. The number of carboxylic acid groups (broad SMARTS) is 1. The lowest BCUT2D eigenvalue weighted by Crippen LogP contribution is -2.40. The number of aromatic nitrogens is 5. The summed E-state index contributed by atoms with van der Waals surface area (Å²) in [4.78, 5) is 55.3. The minimum atomic E-state index is -1.28. The molecule has 4 rings (SSSR count). The van der Waals surface area contributed by atoms with Crippen LogP contribution in [0, 0.1) is 0 Å². The Bertz CT molecular complexity index is 1620. The quantitative estimate of drug-likeness (QED) is 0.436. The molecule has 11 nitrogen and oxygen atoms in total. The largest absolute Gasteiger partial charge is 0.468 e. The van der Waals surface area contributed by atoms with Crippen molar-refractivity contribution in [3.8, 4) is 0 Å². The van der Waals surface area contributed by atoms with Crippen LogP contribution in [-0.2, 0) is 35.6 Å².